The molecule has 0 amide bonds. The highest BCUT2D eigenvalue weighted by Crippen LogP contribution is 2.89. The van der Waals surface area contributed by atoms with Gasteiger partial charge in [0.05, 0.1) is 49.8 Å². The Balaban J connectivity index is 1.07. The van der Waals surface area contributed by atoms with Crippen molar-refractivity contribution in [3.63, 3.8) is 0 Å². The zero-order valence-corrected chi connectivity index (χ0v) is 38.4. The Hall–Kier alpha value is -0.720. The fraction of sp³-hybridized carbons (Fsp3) is 1.00. The van der Waals surface area contributed by atoms with Gasteiger partial charge in [-0.25, -0.2) is 0 Å². The Bertz CT molecular complexity index is 1650. The highest BCUT2D eigenvalue weighted by Gasteiger charge is 2.84. The summed E-state index contributed by atoms with van der Waals surface area (Å²) in [6, 6.07) is 0. The van der Waals surface area contributed by atoms with Crippen molar-refractivity contribution in [3.8, 4) is 0 Å². The smallest absolute Gasteiger partial charge is 0.186 e. The minimum atomic E-state index is -1.63. The van der Waals surface area contributed by atoms with E-state index >= 15 is 0 Å². The zero-order valence-electron chi connectivity index (χ0n) is 38.4. The van der Waals surface area contributed by atoms with Gasteiger partial charge in [-0.05, 0) is 122 Å². The largest absolute Gasteiger partial charge is 0.394 e. The van der Waals surface area contributed by atoms with E-state index in [1.54, 1.807) is 13.8 Å². The summed E-state index contributed by atoms with van der Waals surface area (Å²) in [5.74, 6) is -0.382. The molecule has 0 aromatic rings. The molecule has 5 aliphatic carbocycles. The number of hydrogen-bond donors (Lipinski definition) is 12. The standard InChI is InChI=1S/C46H78O18/c1-20(8-9-28(42(4,5)58)64-39-35(56)31(52)23(50)18-60-39)29-24(61-40-36(57)33(54)32(53)25(16-47)62-40)15-44(7)26-14-21(48)37-41(2,3)27(63-38-34(55)30(51)22(49)17-59-38)10-11-46(37)19-45(26,46)13-12-43(29,44)6/h20-40,47-58H,8-19H2,1-7H3. The minimum absolute atomic E-state index is 0.0654. The normalized spacial score (nSPS) is 54.5. The summed E-state index contributed by atoms with van der Waals surface area (Å²) in [7, 11) is 0. The van der Waals surface area contributed by atoms with Crippen LogP contribution >= 0.6 is 0 Å². The van der Waals surface area contributed by atoms with E-state index in [-0.39, 0.29) is 47.7 Å². The number of rotatable bonds is 12. The molecule has 0 bridgehead atoms. The van der Waals surface area contributed by atoms with Gasteiger partial charge >= 0.3 is 0 Å². The van der Waals surface area contributed by atoms with Gasteiger partial charge in [-0.2, -0.15) is 0 Å². The lowest BCUT2D eigenvalue weighted by Gasteiger charge is -2.64. The Morgan fingerprint density at radius 3 is 1.91 bits per heavy atom. The quantitative estimate of drug-likeness (QED) is 0.105. The van der Waals surface area contributed by atoms with E-state index in [9.17, 15) is 61.3 Å². The van der Waals surface area contributed by atoms with Crippen molar-refractivity contribution in [2.45, 2.75) is 216 Å². The van der Waals surface area contributed by atoms with Crippen molar-refractivity contribution >= 4 is 0 Å². The number of hydrogen-bond acceptors (Lipinski definition) is 18. The van der Waals surface area contributed by atoms with E-state index in [4.69, 9.17) is 28.4 Å². The van der Waals surface area contributed by atoms with Gasteiger partial charge in [0.2, 0.25) is 0 Å². The van der Waals surface area contributed by atoms with Crippen molar-refractivity contribution in [1.82, 2.24) is 0 Å². The van der Waals surface area contributed by atoms with Crippen LogP contribution in [0.3, 0.4) is 0 Å². The second kappa shape index (κ2) is 17.3. The van der Waals surface area contributed by atoms with Crippen molar-refractivity contribution in [2.24, 2.45) is 50.7 Å². The molecule has 2 spiro atoms. The molecule has 370 valence electrons. The predicted molar refractivity (Wildman–Crippen MR) is 222 cm³/mol. The van der Waals surface area contributed by atoms with Gasteiger partial charge < -0.3 is 89.7 Å². The van der Waals surface area contributed by atoms with Crippen LogP contribution in [0, 0.1) is 50.7 Å². The van der Waals surface area contributed by atoms with E-state index in [1.807, 2.05) is 0 Å². The maximum absolute atomic E-state index is 12.5. The number of aliphatic hydroxyl groups is 12. The van der Waals surface area contributed by atoms with Crippen LogP contribution < -0.4 is 0 Å². The maximum atomic E-state index is 12.5. The summed E-state index contributed by atoms with van der Waals surface area (Å²) in [6.45, 7) is 13.1. The molecular weight excluding hydrogens is 840 g/mol. The first kappa shape index (κ1) is 49.7. The predicted octanol–water partition coefficient (Wildman–Crippen LogP) is -0.973. The molecular formula is C46H78O18. The molecule has 8 fully saturated rings. The lowest BCUT2D eigenvalue weighted by atomic mass is 9.41. The van der Waals surface area contributed by atoms with Crippen LogP contribution in [0.1, 0.15) is 106 Å². The average molecular weight is 919 g/mol. The van der Waals surface area contributed by atoms with Crippen LogP contribution in [0.5, 0.6) is 0 Å². The van der Waals surface area contributed by atoms with Gasteiger partial charge in [-0.3, -0.25) is 0 Å². The molecule has 18 heteroatoms. The second-order valence-corrected chi connectivity index (χ2v) is 23.1. The van der Waals surface area contributed by atoms with Gasteiger partial charge in [0, 0.05) is 0 Å². The van der Waals surface area contributed by atoms with E-state index in [0.29, 0.717) is 32.1 Å². The Morgan fingerprint density at radius 2 is 1.28 bits per heavy atom. The molecule has 64 heavy (non-hydrogen) atoms. The third-order valence-electron chi connectivity index (χ3n) is 19.0. The highest BCUT2D eigenvalue weighted by molar-refractivity contribution is 5.32. The first-order valence-corrected chi connectivity index (χ1v) is 23.8. The van der Waals surface area contributed by atoms with Gasteiger partial charge in [-0.1, -0.05) is 34.6 Å². The summed E-state index contributed by atoms with van der Waals surface area (Å²) in [6.07, 6.45) is -14.6. The van der Waals surface area contributed by atoms with Gasteiger partial charge in [0.15, 0.2) is 18.9 Å². The molecule has 25 atom stereocenters. The maximum Gasteiger partial charge on any atom is 0.186 e. The first-order chi connectivity index (χ1) is 29.8. The molecule has 0 aromatic heterocycles. The van der Waals surface area contributed by atoms with E-state index < -0.39 is 133 Å². The molecule has 18 nitrogen and oxygen atoms in total. The summed E-state index contributed by atoms with van der Waals surface area (Å²) < 4.78 is 36.6. The fourth-order valence-electron chi connectivity index (χ4n) is 15.5. The van der Waals surface area contributed by atoms with Gasteiger partial charge in [-0.15, -0.1) is 0 Å². The van der Waals surface area contributed by atoms with E-state index in [1.165, 1.54) is 0 Å². The molecule has 3 heterocycles. The highest BCUT2D eigenvalue weighted by atomic mass is 16.7. The molecule has 5 saturated carbocycles. The SMILES string of the molecule is CC(CCC(OC1OCC(O)C(O)C1O)C(C)(C)O)C1C(OC2OC(CO)C(O)C(O)C2O)CC2(C)C3CC(O)C4C(C)(C)C(OC5OCC(O)C(O)C5O)CCC45CC35CCC12C. The molecule has 0 aromatic carbocycles. The van der Waals surface area contributed by atoms with Crippen LogP contribution in [-0.2, 0) is 28.4 Å². The Morgan fingerprint density at radius 1 is 0.672 bits per heavy atom. The van der Waals surface area contributed by atoms with Crippen LogP contribution in [0.2, 0.25) is 0 Å². The summed E-state index contributed by atoms with van der Waals surface area (Å²) in [5.41, 5.74) is -3.05. The van der Waals surface area contributed by atoms with Crippen molar-refractivity contribution < 1.29 is 89.7 Å². The molecule has 25 unspecified atom stereocenters. The van der Waals surface area contributed by atoms with Crippen LogP contribution in [0.15, 0.2) is 0 Å². The van der Waals surface area contributed by atoms with Gasteiger partial charge in [0.1, 0.15) is 61.0 Å². The number of ether oxygens (including phenoxy) is 6. The zero-order chi connectivity index (χ0) is 46.9. The minimum Gasteiger partial charge on any atom is -0.394 e. The Kier molecular flexibility index (Phi) is 13.4. The van der Waals surface area contributed by atoms with E-state index in [0.717, 1.165) is 25.7 Å². The third kappa shape index (κ3) is 7.68. The van der Waals surface area contributed by atoms with Crippen molar-refractivity contribution in [2.75, 3.05) is 19.8 Å². The monoisotopic (exact) mass is 919 g/mol. The fourth-order valence-corrected chi connectivity index (χ4v) is 15.5. The molecule has 3 saturated heterocycles. The average Bonchev–Trinajstić information content (AvgIpc) is 3.81. The molecule has 0 radical (unpaired) electrons. The summed E-state index contributed by atoms with van der Waals surface area (Å²) >= 11 is 0. The lowest BCUT2D eigenvalue weighted by molar-refractivity contribution is -0.315. The number of fused-ring (bicyclic) bond motifs is 2. The molecule has 3 aliphatic heterocycles. The Labute approximate surface area is 375 Å². The van der Waals surface area contributed by atoms with Crippen LogP contribution in [0.25, 0.3) is 0 Å². The van der Waals surface area contributed by atoms with Gasteiger partial charge in [0.25, 0.3) is 0 Å². The molecule has 12 N–H and O–H groups in total. The molecule has 8 rings (SSSR count). The van der Waals surface area contributed by atoms with E-state index in [2.05, 4.69) is 34.6 Å². The summed E-state index contributed by atoms with van der Waals surface area (Å²) in [5, 5.41) is 129. The third-order valence-corrected chi connectivity index (χ3v) is 19.0. The topological polar surface area (TPSA) is 298 Å². The first-order valence-electron chi connectivity index (χ1n) is 23.8. The molecule has 8 aliphatic rings. The van der Waals surface area contributed by atoms with Crippen molar-refractivity contribution in [3.05, 3.63) is 0 Å². The lowest BCUT2D eigenvalue weighted by Crippen LogP contribution is -2.62. The summed E-state index contributed by atoms with van der Waals surface area (Å²) in [4.78, 5) is 0. The van der Waals surface area contributed by atoms with Crippen LogP contribution in [0.4, 0.5) is 0 Å². The second-order valence-electron chi connectivity index (χ2n) is 23.1. The van der Waals surface area contributed by atoms with Crippen LogP contribution in [-0.4, -0.2) is 191 Å². The number of aliphatic hydroxyl groups excluding tert-OH is 11. The van der Waals surface area contributed by atoms with Crippen molar-refractivity contribution in [1.29, 1.82) is 0 Å².